The van der Waals surface area contributed by atoms with Crippen LogP contribution < -0.4 is 11.1 Å². The van der Waals surface area contributed by atoms with Crippen molar-refractivity contribution in [3.05, 3.63) is 36.0 Å². The van der Waals surface area contributed by atoms with Gasteiger partial charge in [0.15, 0.2) is 6.33 Å². The Morgan fingerprint density at radius 1 is 1.45 bits per heavy atom. The number of nitrogen functional groups attached to an aromatic ring is 1. The van der Waals surface area contributed by atoms with Gasteiger partial charge in [-0.3, -0.25) is 4.79 Å². The van der Waals surface area contributed by atoms with Crippen molar-refractivity contribution in [1.29, 1.82) is 0 Å². The third-order valence-corrected chi connectivity index (χ3v) is 2.77. The summed E-state index contributed by atoms with van der Waals surface area (Å²) in [7, 11) is 3.41. The number of nitrogens with two attached hydrogens (primary N) is 1. The number of hydrogen-bond acceptors (Lipinski definition) is 6. The van der Waals surface area contributed by atoms with Crippen LogP contribution in [-0.2, 0) is 6.42 Å². The van der Waals surface area contributed by atoms with E-state index in [1.54, 1.807) is 32.3 Å². The molecule has 0 atom stereocenters. The Morgan fingerprint density at radius 2 is 2.25 bits per heavy atom. The molecule has 1 aromatic heterocycles. The lowest BCUT2D eigenvalue weighted by Gasteiger charge is -2.13. The summed E-state index contributed by atoms with van der Waals surface area (Å²) in [5.41, 5.74) is 7.81. The minimum absolute atomic E-state index is 0.0749. The molecular formula is C13H17N5O2. The van der Waals surface area contributed by atoms with Crippen molar-refractivity contribution >= 4 is 17.3 Å². The van der Waals surface area contributed by atoms with Crippen molar-refractivity contribution in [3.8, 4) is 0 Å². The van der Waals surface area contributed by atoms with Crippen LogP contribution in [0.25, 0.3) is 0 Å². The number of carbonyl (C=O) groups excluding carboxylic acids is 1. The zero-order chi connectivity index (χ0) is 14.5. The van der Waals surface area contributed by atoms with E-state index in [9.17, 15) is 4.79 Å². The Labute approximate surface area is 116 Å². The third-order valence-electron chi connectivity index (χ3n) is 2.77. The molecule has 0 aliphatic rings. The summed E-state index contributed by atoms with van der Waals surface area (Å²) in [6, 6.07) is 5.20. The molecule has 0 aliphatic carbocycles. The monoisotopic (exact) mass is 275 g/mol. The molecule has 1 heterocycles. The van der Waals surface area contributed by atoms with Gasteiger partial charge >= 0.3 is 0 Å². The molecule has 1 amide bonds. The van der Waals surface area contributed by atoms with E-state index >= 15 is 0 Å². The minimum atomic E-state index is -0.0749. The van der Waals surface area contributed by atoms with Crippen LogP contribution in [0.1, 0.15) is 16.2 Å². The number of amides is 1. The number of aromatic nitrogens is 2. The van der Waals surface area contributed by atoms with Gasteiger partial charge in [-0.15, -0.1) is 0 Å². The summed E-state index contributed by atoms with van der Waals surface area (Å²) in [5.74, 6) is 0.490. The fourth-order valence-corrected chi connectivity index (χ4v) is 1.73. The summed E-state index contributed by atoms with van der Waals surface area (Å²) < 4.78 is 4.90. The Kier molecular flexibility index (Phi) is 4.19. The first kappa shape index (κ1) is 13.9. The summed E-state index contributed by atoms with van der Waals surface area (Å²) >= 11 is 0. The van der Waals surface area contributed by atoms with E-state index in [0.29, 0.717) is 30.1 Å². The zero-order valence-electron chi connectivity index (χ0n) is 11.5. The highest BCUT2D eigenvalue weighted by Crippen LogP contribution is 2.20. The lowest BCUT2D eigenvalue weighted by molar-refractivity contribution is 0.0827. The molecule has 0 aliphatic heterocycles. The van der Waals surface area contributed by atoms with Crippen molar-refractivity contribution in [2.45, 2.75) is 6.42 Å². The molecule has 20 heavy (non-hydrogen) atoms. The molecule has 3 N–H and O–H groups in total. The third kappa shape index (κ3) is 3.25. The summed E-state index contributed by atoms with van der Waals surface area (Å²) in [4.78, 5) is 17.2. The van der Waals surface area contributed by atoms with Crippen LogP contribution in [-0.4, -0.2) is 41.6 Å². The first-order chi connectivity index (χ1) is 9.58. The molecule has 0 bridgehead atoms. The Bertz CT molecular complexity index is 580. The van der Waals surface area contributed by atoms with E-state index in [-0.39, 0.29) is 5.91 Å². The Hall–Kier alpha value is -2.57. The fraction of sp³-hybridized carbons (Fsp3) is 0.308. The van der Waals surface area contributed by atoms with Crippen LogP contribution in [0.2, 0.25) is 0 Å². The van der Waals surface area contributed by atoms with E-state index in [4.69, 9.17) is 10.3 Å². The normalized spacial score (nSPS) is 10.3. The molecule has 7 nitrogen and oxygen atoms in total. The summed E-state index contributed by atoms with van der Waals surface area (Å²) in [6.45, 7) is 0.618. The van der Waals surface area contributed by atoms with Crippen LogP contribution >= 0.6 is 0 Å². The summed E-state index contributed by atoms with van der Waals surface area (Å²) in [5, 5.41) is 6.70. The zero-order valence-corrected chi connectivity index (χ0v) is 11.5. The number of anilines is 2. The van der Waals surface area contributed by atoms with Crippen LogP contribution in [0, 0.1) is 0 Å². The highest BCUT2D eigenvalue weighted by atomic mass is 16.5. The van der Waals surface area contributed by atoms with Gasteiger partial charge in [0.05, 0.1) is 11.4 Å². The predicted molar refractivity (Wildman–Crippen MR) is 75.4 cm³/mol. The number of benzene rings is 1. The predicted octanol–water partition coefficient (Wildman–Crippen LogP) is 1.01. The van der Waals surface area contributed by atoms with Crippen molar-refractivity contribution in [3.63, 3.8) is 0 Å². The van der Waals surface area contributed by atoms with E-state index < -0.39 is 0 Å². The Morgan fingerprint density at radius 3 is 2.85 bits per heavy atom. The quantitative estimate of drug-likeness (QED) is 0.790. The SMILES string of the molecule is CN(C)C(=O)c1ccc(NCCc2ncno2)c(N)c1. The molecular weight excluding hydrogens is 258 g/mol. The number of rotatable bonds is 5. The highest BCUT2D eigenvalue weighted by molar-refractivity contribution is 5.95. The fourth-order valence-electron chi connectivity index (χ4n) is 1.73. The van der Waals surface area contributed by atoms with Gasteiger partial charge in [-0.2, -0.15) is 4.98 Å². The number of nitrogens with one attached hydrogen (secondary N) is 1. The summed E-state index contributed by atoms with van der Waals surface area (Å²) in [6.07, 6.45) is 1.98. The van der Waals surface area contributed by atoms with Crippen LogP contribution in [0.4, 0.5) is 11.4 Å². The molecule has 0 saturated heterocycles. The topological polar surface area (TPSA) is 97.3 Å². The first-order valence-electron chi connectivity index (χ1n) is 6.18. The standard InChI is InChI=1S/C13H17N5O2/c1-18(2)13(19)9-3-4-11(10(14)7-9)15-6-5-12-16-8-17-20-12/h3-4,7-8,15H,5-6,14H2,1-2H3. The molecule has 0 spiro atoms. The van der Waals surface area contributed by atoms with Gasteiger partial charge in [0, 0.05) is 32.6 Å². The van der Waals surface area contributed by atoms with E-state index in [1.807, 2.05) is 0 Å². The second kappa shape index (κ2) is 6.05. The van der Waals surface area contributed by atoms with E-state index in [2.05, 4.69) is 15.5 Å². The largest absolute Gasteiger partial charge is 0.397 e. The highest BCUT2D eigenvalue weighted by Gasteiger charge is 2.10. The minimum Gasteiger partial charge on any atom is -0.397 e. The van der Waals surface area contributed by atoms with Crippen LogP contribution in [0.3, 0.4) is 0 Å². The molecule has 0 fully saturated rings. The van der Waals surface area contributed by atoms with Gasteiger partial charge < -0.3 is 20.5 Å². The van der Waals surface area contributed by atoms with Crippen LogP contribution in [0.5, 0.6) is 0 Å². The maximum absolute atomic E-state index is 11.8. The van der Waals surface area contributed by atoms with Crippen molar-refractivity contribution in [1.82, 2.24) is 15.0 Å². The van der Waals surface area contributed by atoms with Crippen molar-refractivity contribution in [2.75, 3.05) is 31.7 Å². The van der Waals surface area contributed by atoms with Gasteiger partial charge in [-0.1, -0.05) is 5.16 Å². The smallest absolute Gasteiger partial charge is 0.253 e. The van der Waals surface area contributed by atoms with Gasteiger partial charge in [0.25, 0.3) is 5.91 Å². The molecule has 0 saturated carbocycles. The molecule has 7 heteroatoms. The van der Waals surface area contributed by atoms with Crippen LogP contribution in [0.15, 0.2) is 29.0 Å². The second-order valence-electron chi connectivity index (χ2n) is 4.51. The van der Waals surface area contributed by atoms with E-state index in [0.717, 1.165) is 5.69 Å². The van der Waals surface area contributed by atoms with Gasteiger partial charge in [0.1, 0.15) is 0 Å². The lowest BCUT2D eigenvalue weighted by atomic mass is 10.1. The Balaban J connectivity index is 1.97. The molecule has 0 unspecified atom stereocenters. The first-order valence-corrected chi connectivity index (χ1v) is 6.18. The number of hydrogen-bond donors (Lipinski definition) is 2. The van der Waals surface area contributed by atoms with E-state index in [1.165, 1.54) is 11.2 Å². The van der Waals surface area contributed by atoms with Crippen molar-refractivity contribution < 1.29 is 9.32 Å². The van der Waals surface area contributed by atoms with Gasteiger partial charge in [0.2, 0.25) is 5.89 Å². The molecule has 0 radical (unpaired) electrons. The number of carbonyl (C=O) groups is 1. The number of nitrogens with zero attached hydrogens (tertiary/aromatic N) is 3. The molecule has 1 aromatic carbocycles. The maximum Gasteiger partial charge on any atom is 0.253 e. The second-order valence-corrected chi connectivity index (χ2v) is 4.51. The maximum atomic E-state index is 11.8. The average Bonchev–Trinajstić information content (AvgIpc) is 2.92. The van der Waals surface area contributed by atoms with Gasteiger partial charge in [-0.25, -0.2) is 0 Å². The molecule has 2 aromatic rings. The van der Waals surface area contributed by atoms with Crippen molar-refractivity contribution in [2.24, 2.45) is 0 Å². The lowest BCUT2D eigenvalue weighted by Crippen LogP contribution is -2.21. The molecule has 2 rings (SSSR count). The van der Waals surface area contributed by atoms with Gasteiger partial charge in [-0.05, 0) is 18.2 Å². The molecule has 106 valence electrons. The average molecular weight is 275 g/mol.